The van der Waals surface area contributed by atoms with Crippen LogP contribution < -0.4 is 10.6 Å². The number of nitrogens with zero attached hydrogens (tertiary/aromatic N) is 8. The molecule has 1 atom stereocenters. The molecular formula is C25H32F2N8O3. The number of carboxylic acids is 1. The van der Waals surface area contributed by atoms with Gasteiger partial charge in [-0.15, -0.1) is 5.10 Å². The van der Waals surface area contributed by atoms with Crippen LogP contribution in [0.2, 0.25) is 0 Å². The van der Waals surface area contributed by atoms with Crippen LogP contribution in [0.15, 0.2) is 16.9 Å². The number of carbonyl (C=O) groups is 1. The number of pyridine rings is 1. The van der Waals surface area contributed by atoms with Gasteiger partial charge in [0.1, 0.15) is 11.5 Å². The molecule has 5 rings (SSSR count). The van der Waals surface area contributed by atoms with E-state index in [-0.39, 0.29) is 25.2 Å². The molecule has 0 bridgehead atoms. The second kappa shape index (κ2) is 9.91. The van der Waals surface area contributed by atoms with Gasteiger partial charge in [-0.1, -0.05) is 12.1 Å². The van der Waals surface area contributed by atoms with E-state index >= 15 is 0 Å². The number of piperidine rings is 1. The first-order valence-corrected chi connectivity index (χ1v) is 12.9. The van der Waals surface area contributed by atoms with E-state index in [9.17, 15) is 18.4 Å². The molecule has 1 aliphatic carbocycles. The monoisotopic (exact) mass is 530 g/mol. The molecule has 2 fully saturated rings. The molecule has 3 aromatic rings. The Morgan fingerprint density at radius 1 is 1.21 bits per heavy atom. The van der Waals surface area contributed by atoms with Crippen molar-refractivity contribution in [1.82, 2.24) is 34.3 Å². The van der Waals surface area contributed by atoms with Gasteiger partial charge in [-0.2, -0.15) is 5.10 Å². The molecule has 1 saturated heterocycles. The lowest BCUT2D eigenvalue weighted by atomic mass is 9.91. The third-order valence-electron chi connectivity index (χ3n) is 7.36. The number of hydrogen-bond donors (Lipinski definition) is 1. The van der Waals surface area contributed by atoms with Crippen molar-refractivity contribution in [1.29, 1.82) is 0 Å². The molecule has 1 saturated carbocycles. The maximum atomic E-state index is 14.5. The van der Waals surface area contributed by atoms with E-state index in [0.717, 1.165) is 25.1 Å². The van der Waals surface area contributed by atoms with Crippen molar-refractivity contribution < 1.29 is 18.7 Å². The quantitative estimate of drug-likeness (QED) is 0.447. The van der Waals surface area contributed by atoms with E-state index < -0.39 is 30.8 Å². The van der Waals surface area contributed by atoms with Gasteiger partial charge in [0.05, 0.1) is 42.3 Å². The highest BCUT2D eigenvalue weighted by Gasteiger charge is 2.41. The van der Waals surface area contributed by atoms with Crippen molar-refractivity contribution in [3.63, 3.8) is 0 Å². The average molecular weight is 531 g/mol. The molecule has 3 aromatic heterocycles. The van der Waals surface area contributed by atoms with Gasteiger partial charge in [-0.25, -0.2) is 27.9 Å². The van der Waals surface area contributed by atoms with Gasteiger partial charge in [-0.05, 0) is 43.2 Å². The summed E-state index contributed by atoms with van der Waals surface area (Å²) < 4.78 is 33.6. The molecule has 0 radical (unpaired) electrons. The molecule has 38 heavy (non-hydrogen) atoms. The van der Waals surface area contributed by atoms with Crippen molar-refractivity contribution in [2.45, 2.75) is 57.9 Å². The van der Waals surface area contributed by atoms with Gasteiger partial charge in [-0.3, -0.25) is 9.36 Å². The number of alkyl halides is 2. The molecule has 2 aliphatic rings. The van der Waals surface area contributed by atoms with Crippen molar-refractivity contribution in [3.8, 4) is 11.4 Å². The lowest BCUT2D eigenvalue weighted by molar-refractivity contribution is -0.139. The summed E-state index contributed by atoms with van der Waals surface area (Å²) in [5, 5.41) is 22.1. The van der Waals surface area contributed by atoms with Gasteiger partial charge in [0.25, 0.3) is 5.92 Å². The molecule has 1 N–H and O–H groups in total. The first kappa shape index (κ1) is 26.0. The Kier molecular flexibility index (Phi) is 6.78. The fourth-order valence-electron chi connectivity index (χ4n) is 5.24. The minimum atomic E-state index is -2.99. The number of carboxylic acid groups (broad SMARTS) is 1. The predicted molar refractivity (Wildman–Crippen MR) is 134 cm³/mol. The number of halogens is 2. The van der Waals surface area contributed by atoms with Crippen LogP contribution in [-0.4, -0.2) is 64.4 Å². The lowest BCUT2D eigenvalue weighted by Crippen LogP contribution is -2.48. The maximum absolute atomic E-state index is 14.5. The predicted octanol–water partition coefficient (Wildman–Crippen LogP) is 2.27. The number of aryl methyl sites for hydroxylation is 2. The summed E-state index contributed by atoms with van der Waals surface area (Å²) in [6.07, 6.45) is 2.83. The molecule has 0 unspecified atom stereocenters. The van der Waals surface area contributed by atoms with Crippen LogP contribution in [-0.2, 0) is 38.3 Å². The Bertz CT molecular complexity index is 1410. The van der Waals surface area contributed by atoms with Gasteiger partial charge < -0.3 is 10.0 Å². The van der Waals surface area contributed by atoms with Crippen molar-refractivity contribution >= 4 is 11.7 Å². The second-order valence-electron chi connectivity index (χ2n) is 10.5. The number of hydrogen-bond acceptors (Lipinski definition) is 7. The maximum Gasteiger partial charge on any atom is 0.346 e. The van der Waals surface area contributed by atoms with E-state index in [4.69, 9.17) is 10.1 Å². The van der Waals surface area contributed by atoms with Crippen LogP contribution in [0.5, 0.6) is 0 Å². The second-order valence-corrected chi connectivity index (χ2v) is 10.5. The minimum Gasteiger partial charge on any atom is -0.481 e. The Hall–Kier alpha value is -3.64. The van der Waals surface area contributed by atoms with E-state index in [1.165, 1.54) is 4.68 Å². The summed E-state index contributed by atoms with van der Waals surface area (Å²) in [5.41, 5.74) is 2.60. The van der Waals surface area contributed by atoms with Crippen LogP contribution in [0.1, 0.15) is 49.8 Å². The average Bonchev–Trinajstić information content (AvgIpc) is 3.55. The summed E-state index contributed by atoms with van der Waals surface area (Å²) >= 11 is 0. The van der Waals surface area contributed by atoms with E-state index in [1.807, 2.05) is 6.92 Å². The third kappa shape index (κ3) is 5.32. The molecule has 1 aliphatic heterocycles. The third-order valence-corrected chi connectivity index (χ3v) is 7.36. The zero-order valence-corrected chi connectivity index (χ0v) is 21.8. The van der Waals surface area contributed by atoms with E-state index in [0.29, 0.717) is 40.8 Å². The molecule has 0 spiro atoms. The van der Waals surface area contributed by atoms with Crippen LogP contribution >= 0.6 is 0 Å². The van der Waals surface area contributed by atoms with Gasteiger partial charge >= 0.3 is 11.7 Å². The standard InChI is InChI=1S/C25H32F2N8O3/c1-4-17-19(34-12-16(10-22(36)37)11-25(26,27)14-34)8-7-18(28-17)23-20(33(3)31-29-23)13-35-24(38)32(2)21(30-35)9-15-5-6-15/h7-8,15-16H,4-6,9-14H2,1-3H3,(H,36,37)/t16-/m0/s1. The zero-order chi connectivity index (χ0) is 27.2. The van der Waals surface area contributed by atoms with Crippen LogP contribution in [0.25, 0.3) is 11.4 Å². The molecule has 0 amide bonds. The lowest BCUT2D eigenvalue weighted by Gasteiger charge is -2.39. The highest BCUT2D eigenvalue weighted by molar-refractivity contribution is 5.67. The molecule has 204 valence electrons. The number of aromatic nitrogens is 7. The number of anilines is 1. The molecule has 0 aromatic carbocycles. The largest absolute Gasteiger partial charge is 0.481 e. The van der Waals surface area contributed by atoms with Gasteiger partial charge in [0, 0.05) is 33.5 Å². The Morgan fingerprint density at radius 2 is 1.97 bits per heavy atom. The normalized spacial score (nSPS) is 19.2. The summed E-state index contributed by atoms with van der Waals surface area (Å²) in [5.74, 6) is -3.39. The molecule has 4 heterocycles. The van der Waals surface area contributed by atoms with Crippen LogP contribution in [0.4, 0.5) is 14.5 Å². The topological polar surface area (TPSA) is 124 Å². The molecule has 11 nitrogen and oxygen atoms in total. The number of aliphatic carboxylic acids is 1. The highest BCUT2D eigenvalue weighted by atomic mass is 19.3. The number of rotatable bonds is 9. The fraction of sp³-hybridized carbons (Fsp3) is 0.600. The van der Waals surface area contributed by atoms with Gasteiger partial charge in [0.2, 0.25) is 0 Å². The van der Waals surface area contributed by atoms with Crippen LogP contribution in [0, 0.1) is 11.8 Å². The Balaban J connectivity index is 1.44. The summed E-state index contributed by atoms with van der Waals surface area (Å²) in [6.45, 7) is 1.78. The fourth-order valence-corrected chi connectivity index (χ4v) is 5.24. The Labute approximate surface area is 218 Å². The smallest absolute Gasteiger partial charge is 0.346 e. The first-order chi connectivity index (χ1) is 18.0. The highest BCUT2D eigenvalue weighted by Crippen LogP contribution is 2.36. The van der Waals surface area contributed by atoms with Crippen molar-refractivity contribution in [2.24, 2.45) is 25.9 Å². The van der Waals surface area contributed by atoms with Gasteiger partial charge in [0.15, 0.2) is 0 Å². The van der Waals surface area contributed by atoms with E-state index in [1.54, 1.807) is 40.4 Å². The molecular weight excluding hydrogens is 498 g/mol. The summed E-state index contributed by atoms with van der Waals surface area (Å²) in [6, 6.07) is 3.44. The van der Waals surface area contributed by atoms with Crippen molar-refractivity contribution in [2.75, 3.05) is 18.0 Å². The summed E-state index contributed by atoms with van der Waals surface area (Å²) in [7, 11) is 3.46. The summed E-state index contributed by atoms with van der Waals surface area (Å²) in [4.78, 5) is 30.3. The molecule has 13 heteroatoms. The SMILES string of the molecule is CCc1nc(-c2nnn(C)c2Cn2nc(CC3CC3)n(C)c2=O)ccc1N1C[C@@H](CC(=O)O)CC(F)(F)C1. The first-order valence-electron chi connectivity index (χ1n) is 12.9. The minimum absolute atomic E-state index is 0.163. The van der Waals surface area contributed by atoms with Crippen molar-refractivity contribution in [3.05, 3.63) is 39.8 Å². The Morgan fingerprint density at radius 3 is 2.66 bits per heavy atom. The van der Waals surface area contributed by atoms with E-state index in [2.05, 4.69) is 15.4 Å². The van der Waals surface area contributed by atoms with Crippen LogP contribution in [0.3, 0.4) is 0 Å². The zero-order valence-electron chi connectivity index (χ0n) is 21.8.